The summed E-state index contributed by atoms with van der Waals surface area (Å²) in [6.07, 6.45) is 8.55. The van der Waals surface area contributed by atoms with E-state index in [9.17, 15) is 24.3 Å². The molecule has 0 saturated heterocycles. The zero-order valence-electron chi connectivity index (χ0n) is 17.5. The van der Waals surface area contributed by atoms with Crippen LogP contribution in [0.25, 0.3) is 0 Å². The van der Waals surface area contributed by atoms with E-state index in [1.807, 2.05) is 19.9 Å². The van der Waals surface area contributed by atoms with Crippen LogP contribution in [0.5, 0.6) is 0 Å². The van der Waals surface area contributed by atoms with Gasteiger partial charge < -0.3 is 9.84 Å². The average Bonchev–Trinajstić information content (AvgIpc) is 2.97. The number of fused-ring (bicyclic) bond motifs is 5. The quantitative estimate of drug-likeness (QED) is 0.563. The van der Waals surface area contributed by atoms with Crippen molar-refractivity contribution in [3.8, 4) is 0 Å². The lowest BCUT2D eigenvalue weighted by Crippen LogP contribution is -2.60. The molecule has 0 bridgehead atoms. The maximum Gasteiger partial charge on any atom is 0.330 e. The molecule has 0 aromatic rings. The Kier molecular flexibility index (Phi) is 4.77. The van der Waals surface area contributed by atoms with Crippen molar-refractivity contribution in [3.05, 3.63) is 36.5 Å². The van der Waals surface area contributed by atoms with Gasteiger partial charge in [0.15, 0.2) is 12.4 Å². The molecule has 0 radical (unpaired) electrons. The van der Waals surface area contributed by atoms with E-state index in [2.05, 4.69) is 6.58 Å². The Bertz CT molecular complexity index is 913. The standard InChI is InChI=1S/C24H28O6/c1-4-20(28)30-13-19(27)24(29)10-8-17-16-6-5-14-11-15(25)7-9-22(14,2)21(16)18(26)12-23(17,24)3/h4,7,9,11,16-17,21,29H,1,5-6,8,10,12-13H2,2-3H3/t16-,17-,21+,22-,23-,24-/m0/s1. The molecule has 4 aliphatic rings. The van der Waals surface area contributed by atoms with E-state index in [4.69, 9.17) is 4.74 Å². The monoisotopic (exact) mass is 412 g/mol. The van der Waals surface area contributed by atoms with Crippen LogP contribution in [0.2, 0.25) is 0 Å². The van der Waals surface area contributed by atoms with Crippen molar-refractivity contribution in [2.24, 2.45) is 28.6 Å². The van der Waals surface area contributed by atoms with E-state index < -0.39 is 34.8 Å². The molecule has 0 aromatic heterocycles. The molecule has 0 spiro atoms. The summed E-state index contributed by atoms with van der Waals surface area (Å²) in [5.74, 6) is -1.49. The van der Waals surface area contributed by atoms with Gasteiger partial charge in [-0.15, -0.1) is 0 Å². The molecule has 4 aliphatic carbocycles. The van der Waals surface area contributed by atoms with Crippen LogP contribution in [0.4, 0.5) is 0 Å². The van der Waals surface area contributed by atoms with Crippen LogP contribution in [0.3, 0.4) is 0 Å². The van der Waals surface area contributed by atoms with Gasteiger partial charge >= 0.3 is 5.97 Å². The Balaban J connectivity index is 1.65. The first kappa shape index (κ1) is 20.9. The minimum atomic E-state index is -1.70. The summed E-state index contributed by atoms with van der Waals surface area (Å²) in [5.41, 5.74) is -2.07. The summed E-state index contributed by atoms with van der Waals surface area (Å²) in [7, 11) is 0. The Morgan fingerprint density at radius 3 is 2.73 bits per heavy atom. The number of hydrogen-bond acceptors (Lipinski definition) is 6. The Labute approximate surface area is 176 Å². The maximum absolute atomic E-state index is 13.5. The molecular weight excluding hydrogens is 384 g/mol. The smallest absolute Gasteiger partial charge is 0.330 e. The molecule has 6 heteroatoms. The van der Waals surface area contributed by atoms with Gasteiger partial charge in [0.25, 0.3) is 0 Å². The Morgan fingerprint density at radius 1 is 1.30 bits per heavy atom. The van der Waals surface area contributed by atoms with Crippen molar-refractivity contribution >= 4 is 23.3 Å². The number of rotatable bonds is 4. The number of carbonyl (C=O) groups is 4. The molecule has 6 nitrogen and oxygen atoms in total. The number of esters is 1. The first-order chi connectivity index (χ1) is 14.1. The minimum Gasteiger partial charge on any atom is -0.454 e. The average molecular weight is 412 g/mol. The van der Waals surface area contributed by atoms with Crippen molar-refractivity contribution in [1.29, 1.82) is 0 Å². The van der Waals surface area contributed by atoms with Gasteiger partial charge in [-0.05, 0) is 49.7 Å². The summed E-state index contributed by atoms with van der Waals surface area (Å²) in [6.45, 7) is 6.64. The van der Waals surface area contributed by atoms with E-state index in [-0.39, 0.29) is 42.2 Å². The highest BCUT2D eigenvalue weighted by atomic mass is 16.5. The van der Waals surface area contributed by atoms with E-state index in [0.717, 1.165) is 24.5 Å². The molecular formula is C24H28O6. The Morgan fingerprint density at radius 2 is 2.03 bits per heavy atom. The van der Waals surface area contributed by atoms with Gasteiger partial charge in [0, 0.05) is 29.2 Å². The van der Waals surface area contributed by atoms with E-state index >= 15 is 0 Å². The Hall–Kier alpha value is -2.34. The largest absolute Gasteiger partial charge is 0.454 e. The lowest BCUT2D eigenvalue weighted by molar-refractivity contribution is -0.171. The van der Waals surface area contributed by atoms with Crippen LogP contribution < -0.4 is 0 Å². The van der Waals surface area contributed by atoms with Crippen LogP contribution in [0.1, 0.15) is 46.0 Å². The van der Waals surface area contributed by atoms with Gasteiger partial charge in [0.05, 0.1) is 0 Å². The van der Waals surface area contributed by atoms with Crippen LogP contribution in [-0.2, 0) is 23.9 Å². The van der Waals surface area contributed by atoms with Crippen molar-refractivity contribution in [2.75, 3.05) is 6.61 Å². The molecule has 0 aliphatic heterocycles. The molecule has 4 rings (SSSR count). The second kappa shape index (κ2) is 6.84. The fourth-order valence-corrected chi connectivity index (χ4v) is 6.81. The molecule has 0 amide bonds. The second-order valence-corrected chi connectivity index (χ2v) is 9.67. The third-order valence-electron chi connectivity index (χ3n) is 8.38. The maximum atomic E-state index is 13.5. The van der Waals surface area contributed by atoms with Gasteiger partial charge in [-0.1, -0.05) is 32.1 Å². The number of allylic oxidation sites excluding steroid dienone is 4. The zero-order valence-corrected chi connectivity index (χ0v) is 17.5. The molecule has 3 fully saturated rings. The van der Waals surface area contributed by atoms with Gasteiger partial charge in [-0.25, -0.2) is 4.79 Å². The molecule has 0 aromatic carbocycles. The number of aliphatic hydroxyl groups is 1. The summed E-state index contributed by atoms with van der Waals surface area (Å²) in [5, 5.41) is 11.5. The molecule has 160 valence electrons. The second-order valence-electron chi connectivity index (χ2n) is 9.67. The zero-order chi connectivity index (χ0) is 21.9. The number of Topliss-reactive ketones (excluding diaryl/α,β-unsaturated/α-hetero) is 2. The van der Waals surface area contributed by atoms with Crippen molar-refractivity contribution in [1.82, 2.24) is 0 Å². The van der Waals surface area contributed by atoms with Crippen LogP contribution in [0.15, 0.2) is 36.5 Å². The predicted molar refractivity (Wildman–Crippen MR) is 108 cm³/mol. The first-order valence-corrected chi connectivity index (χ1v) is 10.6. The molecule has 3 saturated carbocycles. The number of ketones is 3. The van der Waals surface area contributed by atoms with Crippen LogP contribution in [-0.4, -0.2) is 40.6 Å². The molecule has 0 unspecified atom stereocenters. The topological polar surface area (TPSA) is 97.7 Å². The summed E-state index contributed by atoms with van der Waals surface area (Å²) < 4.78 is 4.89. The van der Waals surface area contributed by atoms with Crippen molar-refractivity contribution in [3.63, 3.8) is 0 Å². The lowest BCUT2D eigenvalue weighted by Gasteiger charge is -2.56. The van der Waals surface area contributed by atoms with Crippen LogP contribution in [0, 0.1) is 28.6 Å². The first-order valence-electron chi connectivity index (χ1n) is 10.6. The number of carbonyl (C=O) groups excluding carboxylic acids is 4. The van der Waals surface area contributed by atoms with Crippen LogP contribution >= 0.6 is 0 Å². The van der Waals surface area contributed by atoms with E-state index in [0.29, 0.717) is 6.42 Å². The highest BCUT2D eigenvalue weighted by molar-refractivity contribution is 6.02. The fraction of sp³-hybridized carbons (Fsp3) is 0.583. The number of ether oxygens (including phenoxy) is 1. The van der Waals surface area contributed by atoms with Gasteiger partial charge in [0.2, 0.25) is 5.78 Å². The number of hydrogen-bond donors (Lipinski definition) is 1. The highest BCUT2D eigenvalue weighted by Crippen LogP contribution is 2.66. The normalized spacial score (nSPS) is 42.0. The van der Waals surface area contributed by atoms with E-state index in [1.165, 1.54) is 0 Å². The SMILES string of the molecule is C=CC(=O)OCC(=O)[C@@]1(O)CC[C@H]2[C@@H]3CCC4=CC(=O)C=C[C@]4(C)[C@H]3C(=O)C[C@@]21C. The molecule has 30 heavy (non-hydrogen) atoms. The van der Waals surface area contributed by atoms with Crippen molar-refractivity contribution < 1.29 is 29.0 Å². The molecule has 0 heterocycles. The summed E-state index contributed by atoms with van der Waals surface area (Å²) in [4.78, 5) is 49.6. The minimum absolute atomic E-state index is 0.00802. The fourth-order valence-electron chi connectivity index (χ4n) is 6.81. The van der Waals surface area contributed by atoms with Gasteiger partial charge in [0.1, 0.15) is 11.4 Å². The van der Waals surface area contributed by atoms with Gasteiger partial charge in [-0.2, -0.15) is 0 Å². The summed E-state index contributed by atoms with van der Waals surface area (Å²) in [6, 6.07) is 0. The van der Waals surface area contributed by atoms with Crippen molar-refractivity contribution in [2.45, 2.75) is 51.6 Å². The third kappa shape index (κ3) is 2.73. The highest BCUT2D eigenvalue weighted by Gasteiger charge is 2.68. The van der Waals surface area contributed by atoms with Gasteiger partial charge in [-0.3, -0.25) is 14.4 Å². The third-order valence-corrected chi connectivity index (χ3v) is 8.38. The molecule has 1 N–H and O–H groups in total. The van der Waals surface area contributed by atoms with E-state index in [1.54, 1.807) is 12.2 Å². The summed E-state index contributed by atoms with van der Waals surface area (Å²) >= 11 is 0. The lowest BCUT2D eigenvalue weighted by atomic mass is 9.46. The predicted octanol–water partition coefficient (Wildman–Crippen LogP) is 2.50. The molecule has 6 atom stereocenters.